The predicted molar refractivity (Wildman–Crippen MR) is 104 cm³/mol. The van der Waals surface area contributed by atoms with Crippen LogP contribution >= 0.6 is 11.6 Å². The zero-order valence-electron chi connectivity index (χ0n) is 15.0. The summed E-state index contributed by atoms with van der Waals surface area (Å²) in [5.74, 6) is 0.108. The third-order valence-electron chi connectivity index (χ3n) is 5.21. The molecule has 0 aliphatic carbocycles. The van der Waals surface area contributed by atoms with Gasteiger partial charge in [0, 0.05) is 24.2 Å². The van der Waals surface area contributed by atoms with Crippen molar-refractivity contribution >= 4 is 22.5 Å². The Morgan fingerprint density at radius 2 is 1.85 bits per heavy atom. The minimum Gasteiger partial charge on any atom is -0.381 e. The summed E-state index contributed by atoms with van der Waals surface area (Å²) in [6, 6.07) is 11.5. The maximum atomic E-state index is 13.9. The molecule has 0 unspecified atom stereocenters. The van der Waals surface area contributed by atoms with Crippen LogP contribution in [0, 0.1) is 19.7 Å². The van der Waals surface area contributed by atoms with Gasteiger partial charge in [-0.25, -0.2) is 9.37 Å². The van der Waals surface area contributed by atoms with Gasteiger partial charge >= 0.3 is 0 Å². The van der Waals surface area contributed by atoms with E-state index in [-0.39, 0.29) is 5.82 Å². The highest BCUT2D eigenvalue weighted by atomic mass is 35.5. The second-order valence-electron chi connectivity index (χ2n) is 7.06. The van der Waals surface area contributed by atoms with E-state index in [1.165, 1.54) is 6.07 Å². The Hall–Kier alpha value is -1.97. The molecule has 0 atom stereocenters. The molecular formula is C22H21ClFNO. The number of aryl methyl sites for hydroxylation is 2. The summed E-state index contributed by atoms with van der Waals surface area (Å²) >= 11 is 6.69. The molecule has 2 aromatic carbocycles. The Morgan fingerprint density at radius 1 is 1.08 bits per heavy atom. The Morgan fingerprint density at radius 3 is 2.58 bits per heavy atom. The molecule has 0 bridgehead atoms. The molecule has 0 amide bonds. The smallest absolute Gasteiger partial charge is 0.133 e. The van der Waals surface area contributed by atoms with E-state index < -0.39 is 0 Å². The fourth-order valence-electron chi connectivity index (χ4n) is 3.83. The van der Waals surface area contributed by atoms with Crippen molar-refractivity contribution in [3.8, 4) is 11.1 Å². The van der Waals surface area contributed by atoms with Crippen LogP contribution in [-0.4, -0.2) is 18.2 Å². The Labute approximate surface area is 158 Å². The number of pyridine rings is 1. The first-order chi connectivity index (χ1) is 12.5. The predicted octanol–water partition coefficient (Wildman–Crippen LogP) is 6.21. The SMILES string of the molecule is Cc1ccc2c(-c3ccc(F)c(C)c3)c(C3CCOCC3)c(Cl)nc2c1. The molecule has 0 spiro atoms. The van der Waals surface area contributed by atoms with Gasteiger partial charge in [0.2, 0.25) is 0 Å². The van der Waals surface area contributed by atoms with Crippen LogP contribution in [0.4, 0.5) is 4.39 Å². The van der Waals surface area contributed by atoms with E-state index in [1.54, 1.807) is 6.92 Å². The van der Waals surface area contributed by atoms with E-state index in [1.807, 2.05) is 19.1 Å². The normalized spacial score (nSPS) is 15.5. The highest BCUT2D eigenvalue weighted by molar-refractivity contribution is 6.31. The summed E-state index contributed by atoms with van der Waals surface area (Å²) in [7, 11) is 0. The lowest BCUT2D eigenvalue weighted by Gasteiger charge is -2.26. The minimum atomic E-state index is -0.193. The Balaban J connectivity index is 2.03. The third kappa shape index (κ3) is 3.10. The fraction of sp³-hybridized carbons (Fsp3) is 0.318. The van der Waals surface area contributed by atoms with E-state index in [2.05, 4.69) is 23.2 Å². The van der Waals surface area contributed by atoms with Crippen LogP contribution in [0.5, 0.6) is 0 Å². The maximum absolute atomic E-state index is 13.9. The number of hydrogen-bond acceptors (Lipinski definition) is 2. The zero-order chi connectivity index (χ0) is 18.3. The minimum absolute atomic E-state index is 0.193. The van der Waals surface area contributed by atoms with E-state index in [9.17, 15) is 4.39 Å². The van der Waals surface area contributed by atoms with Crippen molar-refractivity contribution in [3.63, 3.8) is 0 Å². The number of aromatic nitrogens is 1. The van der Waals surface area contributed by atoms with E-state index >= 15 is 0 Å². The molecule has 1 saturated heterocycles. The van der Waals surface area contributed by atoms with Crippen molar-refractivity contribution in [2.75, 3.05) is 13.2 Å². The van der Waals surface area contributed by atoms with Gasteiger partial charge in [0.15, 0.2) is 0 Å². The molecule has 2 nitrogen and oxygen atoms in total. The van der Waals surface area contributed by atoms with Gasteiger partial charge in [-0.2, -0.15) is 0 Å². The first-order valence-corrected chi connectivity index (χ1v) is 9.36. The first-order valence-electron chi connectivity index (χ1n) is 8.98. The molecular weight excluding hydrogens is 349 g/mol. The molecule has 4 heteroatoms. The highest BCUT2D eigenvalue weighted by Crippen LogP contribution is 2.42. The average molecular weight is 370 g/mol. The zero-order valence-corrected chi connectivity index (χ0v) is 15.7. The van der Waals surface area contributed by atoms with Gasteiger partial charge in [0.25, 0.3) is 0 Å². The lowest BCUT2D eigenvalue weighted by atomic mass is 9.84. The molecule has 134 valence electrons. The van der Waals surface area contributed by atoms with E-state index in [4.69, 9.17) is 16.3 Å². The number of halogens is 2. The molecule has 1 aliphatic rings. The molecule has 1 aromatic heterocycles. The van der Waals surface area contributed by atoms with E-state index in [0.29, 0.717) is 16.6 Å². The summed E-state index contributed by atoms with van der Waals surface area (Å²) in [5, 5.41) is 1.61. The van der Waals surface area contributed by atoms with Crippen LogP contribution in [0.25, 0.3) is 22.0 Å². The highest BCUT2D eigenvalue weighted by Gasteiger charge is 2.25. The van der Waals surface area contributed by atoms with Crippen molar-refractivity contribution in [1.82, 2.24) is 4.98 Å². The molecule has 4 rings (SSSR count). The molecule has 2 heterocycles. The van der Waals surface area contributed by atoms with Gasteiger partial charge in [-0.1, -0.05) is 29.8 Å². The van der Waals surface area contributed by atoms with Crippen LogP contribution < -0.4 is 0 Å². The van der Waals surface area contributed by atoms with Crippen molar-refractivity contribution in [2.45, 2.75) is 32.6 Å². The molecule has 1 fully saturated rings. The standard InChI is InChI=1S/C22H21ClFNO/c1-13-3-5-17-19(11-13)25-22(23)21(15-7-9-26-10-8-15)20(17)16-4-6-18(24)14(2)12-16/h3-6,11-12,15H,7-10H2,1-2H3. The summed E-state index contributed by atoms with van der Waals surface area (Å²) < 4.78 is 19.4. The number of nitrogens with zero attached hydrogens (tertiary/aromatic N) is 1. The third-order valence-corrected chi connectivity index (χ3v) is 5.50. The maximum Gasteiger partial charge on any atom is 0.133 e. The molecule has 0 radical (unpaired) electrons. The number of rotatable bonds is 2. The van der Waals surface area contributed by atoms with Crippen molar-refractivity contribution in [2.24, 2.45) is 0 Å². The Bertz CT molecular complexity index is 980. The Kier molecular flexibility index (Phi) is 4.68. The molecule has 0 N–H and O–H groups in total. The van der Waals surface area contributed by atoms with E-state index in [0.717, 1.165) is 59.2 Å². The van der Waals surface area contributed by atoms with Crippen LogP contribution in [-0.2, 0) is 4.74 Å². The van der Waals surface area contributed by atoms with Crippen LogP contribution in [0.1, 0.15) is 35.4 Å². The second kappa shape index (κ2) is 6.98. The molecule has 3 aromatic rings. The fourth-order valence-corrected chi connectivity index (χ4v) is 4.17. The quantitative estimate of drug-likeness (QED) is 0.501. The largest absolute Gasteiger partial charge is 0.381 e. The average Bonchev–Trinajstić information content (AvgIpc) is 2.63. The van der Waals surface area contributed by atoms with Crippen molar-refractivity contribution in [1.29, 1.82) is 0 Å². The summed E-state index contributed by atoms with van der Waals surface area (Å²) in [5.41, 5.74) is 5.79. The van der Waals surface area contributed by atoms with Gasteiger partial charge in [-0.15, -0.1) is 0 Å². The van der Waals surface area contributed by atoms with Gasteiger partial charge < -0.3 is 4.74 Å². The number of ether oxygens (including phenoxy) is 1. The summed E-state index contributed by atoms with van der Waals surface area (Å²) in [6.45, 7) is 5.30. The molecule has 26 heavy (non-hydrogen) atoms. The lowest BCUT2D eigenvalue weighted by Crippen LogP contribution is -2.16. The van der Waals surface area contributed by atoms with Crippen molar-refractivity contribution in [3.05, 3.63) is 64.1 Å². The van der Waals surface area contributed by atoms with Gasteiger partial charge in [0.1, 0.15) is 11.0 Å². The van der Waals surface area contributed by atoms with Crippen LogP contribution in [0.3, 0.4) is 0 Å². The summed E-state index contributed by atoms with van der Waals surface area (Å²) in [4.78, 5) is 4.69. The van der Waals surface area contributed by atoms with Crippen LogP contribution in [0.15, 0.2) is 36.4 Å². The van der Waals surface area contributed by atoms with Gasteiger partial charge in [-0.3, -0.25) is 0 Å². The number of benzene rings is 2. The first kappa shape index (κ1) is 17.4. The van der Waals surface area contributed by atoms with Gasteiger partial charge in [0.05, 0.1) is 5.52 Å². The lowest BCUT2D eigenvalue weighted by molar-refractivity contribution is 0.0854. The summed E-state index contributed by atoms with van der Waals surface area (Å²) in [6.07, 6.45) is 1.85. The van der Waals surface area contributed by atoms with Gasteiger partial charge in [-0.05, 0) is 73.1 Å². The number of hydrogen-bond donors (Lipinski definition) is 0. The second-order valence-corrected chi connectivity index (χ2v) is 7.42. The molecule has 0 saturated carbocycles. The topological polar surface area (TPSA) is 22.1 Å². The number of fused-ring (bicyclic) bond motifs is 1. The monoisotopic (exact) mass is 369 g/mol. The van der Waals surface area contributed by atoms with Crippen molar-refractivity contribution < 1.29 is 9.13 Å². The van der Waals surface area contributed by atoms with Crippen LogP contribution in [0.2, 0.25) is 5.15 Å². The molecule has 1 aliphatic heterocycles.